The predicted molar refractivity (Wildman–Crippen MR) is 102 cm³/mol. The first kappa shape index (κ1) is 18.3. The van der Waals surface area contributed by atoms with Crippen molar-refractivity contribution in [3.8, 4) is 0 Å². The molecule has 1 saturated carbocycles. The van der Waals surface area contributed by atoms with Crippen LogP contribution in [0.25, 0.3) is 11.0 Å². The summed E-state index contributed by atoms with van der Waals surface area (Å²) in [7, 11) is 0. The van der Waals surface area contributed by atoms with E-state index in [0.29, 0.717) is 6.04 Å². The Morgan fingerprint density at radius 2 is 1.96 bits per heavy atom. The molecule has 4 rings (SSSR count). The molecule has 2 aromatic rings. The van der Waals surface area contributed by atoms with Crippen molar-refractivity contribution in [1.29, 1.82) is 0 Å². The highest BCUT2D eigenvalue weighted by atomic mass is 35.5. The van der Waals surface area contributed by atoms with Crippen molar-refractivity contribution in [1.82, 2.24) is 10.2 Å². The fourth-order valence-corrected chi connectivity index (χ4v) is 3.57. The van der Waals surface area contributed by atoms with Gasteiger partial charge in [0.15, 0.2) is 0 Å². The number of carbonyl (C=O) groups is 1. The molecule has 1 aromatic heterocycles. The van der Waals surface area contributed by atoms with Crippen LogP contribution in [0.3, 0.4) is 0 Å². The summed E-state index contributed by atoms with van der Waals surface area (Å²) in [6.07, 6.45) is 4.90. The molecule has 1 aliphatic carbocycles. The van der Waals surface area contributed by atoms with Gasteiger partial charge in [0.1, 0.15) is 11.3 Å². The summed E-state index contributed by atoms with van der Waals surface area (Å²) in [5, 5.41) is 4.73. The number of benzene rings is 1. The van der Waals surface area contributed by atoms with Crippen molar-refractivity contribution >= 4 is 29.3 Å². The number of hydrogen-bond acceptors (Lipinski definition) is 3. The van der Waals surface area contributed by atoms with E-state index in [-0.39, 0.29) is 24.2 Å². The fraction of sp³-hybridized carbons (Fsp3) is 0.550. The van der Waals surface area contributed by atoms with Gasteiger partial charge >= 0.3 is 0 Å². The predicted octanol–water partition coefficient (Wildman–Crippen LogP) is 3.95. The summed E-state index contributed by atoms with van der Waals surface area (Å²) < 4.78 is 5.87. The van der Waals surface area contributed by atoms with Crippen LogP contribution >= 0.6 is 12.4 Å². The van der Waals surface area contributed by atoms with E-state index in [1.165, 1.54) is 12.8 Å². The van der Waals surface area contributed by atoms with Gasteiger partial charge in [-0.05, 0) is 57.2 Å². The van der Waals surface area contributed by atoms with E-state index >= 15 is 0 Å². The minimum Gasteiger partial charge on any atom is -0.460 e. The zero-order valence-electron chi connectivity index (χ0n) is 14.7. The molecule has 1 saturated heterocycles. The highest BCUT2D eigenvalue weighted by Crippen LogP contribution is 2.29. The Morgan fingerprint density at radius 1 is 1.24 bits per heavy atom. The molecule has 2 aliphatic rings. The first-order valence-electron chi connectivity index (χ1n) is 9.21. The number of piperidine rings is 1. The summed E-state index contributed by atoms with van der Waals surface area (Å²) in [5.41, 5.74) is 0.857. The molecule has 5 heteroatoms. The Morgan fingerprint density at radius 3 is 2.64 bits per heavy atom. The smallest absolute Gasteiger partial charge is 0.233 e. The van der Waals surface area contributed by atoms with Crippen molar-refractivity contribution in [3.05, 3.63) is 36.1 Å². The highest BCUT2D eigenvalue weighted by molar-refractivity contribution is 5.86. The van der Waals surface area contributed by atoms with Gasteiger partial charge in [0.05, 0.1) is 5.92 Å². The van der Waals surface area contributed by atoms with Crippen LogP contribution < -0.4 is 5.32 Å². The van der Waals surface area contributed by atoms with Crippen molar-refractivity contribution in [2.45, 2.75) is 44.6 Å². The van der Waals surface area contributed by atoms with Gasteiger partial charge in [-0.2, -0.15) is 0 Å². The van der Waals surface area contributed by atoms with Crippen LogP contribution in [0.1, 0.15) is 44.3 Å². The average Bonchev–Trinajstić information content (AvgIpc) is 3.35. The molecule has 136 valence electrons. The van der Waals surface area contributed by atoms with Gasteiger partial charge in [0.2, 0.25) is 5.91 Å². The Kier molecular flexibility index (Phi) is 5.70. The molecule has 1 aliphatic heterocycles. The molecule has 4 nitrogen and oxygen atoms in total. The third-order valence-corrected chi connectivity index (χ3v) is 5.44. The first-order valence-corrected chi connectivity index (χ1v) is 9.21. The molecule has 0 bridgehead atoms. The second-order valence-electron chi connectivity index (χ2n) is 7.36. The number of para-hydroxylation sites is 1. The van der Waals surface area contributed by atoms with Crippen LogP contribution in [0.2, 0.25) is 0 Å². The van der Waals surface area contributed by atoms with E-state index in [0.717, 1.165) is 55.1 Å². The molecule has 1 aromatic carbocycles. The van der Waals surface area contributed by atoms with Crippen LogP contribution in [-0.2, 0) is 4.79 Å². The summed E-state index contributed by atoms with van der Waals surface area (Å²) in [6.45, 7) is 4.82. The van der Waals surface area contributed by atoms with E-state index in [1.54, 1.807) is 0 Å². The number of likely N-dealkylation sites (tertiary alicyclic amines) is 1. The molecule has 2 fully saturated rings. The zero-order chi connectivity index (χ0) is 16.5. The Bertz CT molecular complexity index is 684. The van der Waals surface area contributed by atoms with Crippen molar-refractivity contribution < 1.29 is 9.21 Å². The topological polar surface area (TPSA) is 45.5 Å². The van der Waals surface area contributed by atoms with Crippen LogP contribution in [0.15, 0.2) is 34.7 Å². The second-order valence-corrected chi connectivity index (χ2v) is 7.36. The Hall–Kier alpha value is -1.52. The summed E-state index contributed by atoms with van der Waals surface area (Å²) in [6, 6.07) is 10.5. The standard InChI is InChI=1S/C20H26N2O2.ClH/c1-14(19-12-16-4-2-3-5-18(16)24-19)20(23)22-10-8-17(9-11-22)21-13-15-6-7-15;/h2-5,12,14-15,17,21H,6-11,13H2,1H3;1H. The van der Waals surface area contributed by atoms with E-state index in [9.17, 15) is 4.79 Å². The van der Waals surface area contributed by atoms with E-state index in [2.05, 4.69) is 5.32 Å². The van der Waals surface area contributed by atoms with Crippen LogP contribution in [-0.4, -0.2) is 36.5 Å². The van der Waals surface area contributed by atoms with Crippen molar-refractivity contribution in [2.24, 2.45) is 5.92 Å². The maximum Gasteiger partial charge on any atom is 0.233 e. The van der Waals surface area contributed by atoms with Gasteiger partial charge in [-0.15, -0.1) is 12.4 Å². The SMILES string of the molecule is CC(C(=O)N1CCC(NCC2CC2)CC1)c1cc2ccccc2o1.Cl. The van der Waals surface area contributed by atoms with Crippen LogP contribution in [0.4, 0.5) is 0 Å². The molecule has 1 amide bonds. The third-order valence-electron chi connectivity index (χ3n) is 5.44. The summed E-state index contributed by atoms with van der Waals surface area (Å²) >= 11 is 0. The maximum atomic E-state index is 12.8. The normalized spacial score (nSPS) is 19.6. The molecule has 0 radical (unpaired) electrons. The van der Waals surface area contributed by atoms with E-state index in [4.69, 9.17) is 4.42 Å². The molecule has 25 heavy (non-hydrogen) atoms. The van der Waals surface area contributed by atoms with Gasteiger partial charge in [0, 0.05) is 24.5 Å². The van der Waals surface area contributed by atoms with Crippen molar-refractivity contribution in [3.63, 3.8) is 0 Å². The summed E-state index contributed by atoms with van der Waals surface area (Å²) in [4.78, 5) is 14.8. The van der Waals surface area contributed by atoms with E-state index < -0.39 is 0 Å². The quantitative estimate of drug-likeness (QED) is 0.876. The number of fused-ring (bicyclic) bond motifs is 1. The average molecular weight is 363 g/mol. The molecular formula is C20H27ClN2O2. The molecule has 0 spiro atoms. The van der Waals surface area contributed by atoms with Gasteiger partial charge < -0.3 is 14.6 Å². The largest absolute Gasteiger partial charge is 0.460 e. The molecule has 1 atom stereocenters. The highest BCUT2D eigenvalue weighted by Gasteiger charge is 2.29. The lowest BCUT2D eigenvalue weighted by atomic mass is 10.0. The lowest BCUT2D eigenvalue weighted by molar-refractivity contribution is -0.133. The number of nitrogens with zero attached hydrogens (tertiary/aromatic N) is 1. The Labute approximate surface area is 155 Å². The molecular weight excluding hydrogens is 336 g/mol. The number of halogens is 1. The third kappa shape index (κ3) is 4.18. The van der Waals surface area contributed by atoms with Gasteiger partial charge in [-0.25, -0.2) is 0 Å². The lowest BCUT2D eigenvalue weighted by Gasteiger charge is -2.33. The van der Waals surface area contributed by atoms with Crippen LogP contribution in [0.5, 0.6) is 0 Å². The van der Waals surface area contributed by atoms with Gasteiger partial charge in [0.25, 0.3) is 0 Å². The minimum atomic E-state index is -0.214. The molecule has 2 heterocycles. The molecule has 1 N–H and O–H groups in total. The number of carbonyl (C=O) groups excluding carboxylic acids is 1. The van der Waals surface area contributed by atoms with E-state index in [1.807, 2.05) is 42.2 Å². The minimum absolute atomic E-state index is 0. The van der Waals surface area contributed by atoms with Gasteiger partial charge in [-0.1, -0.05) is 18.2 Å². The monoisotopic (exact) mass is 362 g/mol. The van der Waals surface area contributed by atoms with Crippen LogP contribution in [0, 0.1) is 5.92 Å². The number of hydrogen-bond donors (Lipinski definition) is 1. The maximum absolute atomic E-state index is 12.8. The number of amides is 1. The zero-order valence-corrected chi connectivity index (χ0v) is 15.6. The number of nitrogens with one attached hydrogen (secondary N) is 1. The molecule has 1 unspecified atom stereocenters. The van der Waals surface area contributed by atoms with Gasteiger partial charge in [-0.3, -0.25) is 4.79 Å². The second kappa shape index (κ2) is 7.79. The number of furan rings is 1. The lowest BCUT2D eigenvalue weighted by Crippen LogP contribution is -2.46. The fourth-order valence-electron chi connectivity index (χ4n) is 3.57. The van der Waals surface area contributed by atoms with Crippen molar-refractivity contribution in [2.75, 3.05) is 19.6 Å². The number of rotatable bonds is 5. The Balaban J connectivity index is 0.00000182. The first-order chi connectivity index (χ1) is 11.7. The summed E-state index contributed by atoms with van der Waals surface area (Å²) in [5.74, 6) is 1.66.